The van der Waals surface area contributed by atoms with Gasteiger partial charge < -0.3 is 15.8 Å². The molecule has 1 fully saturated rings. The summed E-state index contributed by atoms with van der Waals surface area (Å²) in [5.74, 6) is 0.0645. The summed E-state index contributed by atoms with van der Waals surface area (Å²) < 4.78 is 5.28. The molecule has 0 aromatic carbocycles. The Labute approximate surface area is 104 Å². The number of rotatable bonds is 4. The van der Waals surface area contributed by atoms with Gasteiger partial charge in [-0.15, -0.1) is 0 Å². The maximum absolute atomic E-state index is 12.1. The zero-order valence-electron chi connectivity index (χ0n) is 11.3. The van der Waals surface area contributed by atoms with E-state index in [4.69, 9.17) is 10.5 Å². The molecule has 0 bridgehead atoms. The highest BCUT2D eigenvalue weighted by Gasteiger charge is 2.28. The Bertz CT molecular complexity index is 254. The van der Waals surface area contributed by atoms with Crippen LogP contribution in [0.1, 0.15) is 46.0 Å². The van der Waals surface area contributed by atoms with Crippen molar-refractivity contribution in [2.24, 2.45) is 11.7 Å². The predicted molar refractivity (Wildman–Crippen MR) is 68.6 cm³/mol. The monoisotopic (exact) mass is 242 g/mol. The molecule has 1 aliphatic rings. The zero-order valence-corrected chi connectivity index (χ0v) is 11.3. The molecule has 17 heavy (non-hydrogen) atoms. The van der Waals surface area contributed by atoms with Gasteiger partial charge in [-0.25, -0.2) is 0 Å². The molecule has 0 aliphatic heterocycles. The van der Waals surface area contributed by atoms with Crippen LogP contribution in [0.2, 0.25) is 0 Å². The summed E-state index contributed by atoms with van der Waals surface area (Å²) in [5.41, 5.74) is 5.74. The Morgan fingerprint density at radius 1 is 1.35 bits per heavy atom. The van der Waals surface area contributed by atoms with Crippen LogP contribution in [0.5, 0.6) is 0 Å². The van der Waals surface area contributed by atoms with Crippen molar-refractivity contribution in [3.8, 4) is 0 Å². The third-order valence-electron chi connectivity index (χ3n) is 3.65. The van der Waals surface area contributed by atoms with Crippen molar-refractivity contribution in [1.82, 2.24) is 5.32 Å². The van der Waals surface area contributed by atoms with Crippen LogP contribution in [-0.4, -0.2) is 31.2 Å². The van der Waals surface area contributed by atoms with Crippen LogP contribution >= 0.6 is 0 Å². The van der Waals surface area contributed by atoms with E-state index in [2.05, 4.69) is 5.32 Å². The minimum atomic E-state index is -0.315. The molecule has 100 valence electrons. The van der Waals surface area contributed by atoms with E-state index in [1.807, 2.05) is 13.8 Å². The Kier molecular flexibility index (Phi) is 5.40. The largest absolute Gasteiger partial charge is 0.377 e. The third kappa shape index (κ3) is 4.64. The summed E-state index contributed by atoms with van der Waals surface area (Å²) in [6.45, 7) is 4.45. The average Bonchev–Trinajstić information content (AvgIpc) is 2.51. The highest BCUT2D eigenvalue weighted by Crippen LogP contribution is 2.22. The first-order valence-electron chi connectivity index (χ1n) is 6.55. The molecule has 0 heterocycles. The summed E-state index contributed by atoms with van der Waals surface area (Å²) >= 11 is 0. The molecule has 4 nitrogen and oxygen atoms in total. The van der Waals surface area contributed by atoms with Crippen LogP contribution in [0, 0.1) is 5.92 Å². The predicted octanol–water partition coefficient (Wildman–Crippen LogP) is 1.44. The van der Waals surface area contributed by atoms with E-state index in [0.717, 1.165) is 25.7 Å². The molecule has 0 aromatic heterocycles. The van der Waals surface area contributed by atoms with Gasteiger partial charge in [0, 0.05) is 19.7 Å². The zero-order chi connectivity index (χ0) is 12.9. The number of hydrogen-bond donors (Lipinski definition) is 2. The second kappa shape index (κ2) is 6.36. The minimum Gasteiger partial charge on any atom is -0.377 e. The molecule has 3 N–H and O–H groups in total. The quantitative estimate of drug-likeness (QED) is 0.733. The summed E-state index contributed by atoms with van der Waals surface area (Å²) in [6.07, 6.45) is 5.33. The van der Waals surface area contributed by atoms with Gasteiger partial charge in [-0.2, -0.15) is 0 Å². The fourth-order valence-corrected chi connectivity index (χ4v) is 2.17. The molecular formula is C13H26N2O2. The lowest BCUT2D eigenvalue weighted by molar-refractivity contribution is -0.127. The second-order valence-corrected chi connectivity index (χ2v) is 5.59. The van der Waals surface area contributed by atoms with Crippen LogP contribution in [0.15, 0.2) is 0 Å². The van der Waals surface area contributed by atoms with E-state index in [1.54, 1.807) is 7.11 Å². The van der Waals surface area contributed by atoms with E-state index in [9.17, 15) is 4.79 Å². The van der Waals surface area contributed by atoms with Crippen molar-refractivity contribution >= 4 is 5.91 Å². The normalized spacial score (nSPS) is 26.4. The Morgan fingerprint density at radius 3 is 2.65 bits per heavy atom. The first-order chi connectivity index (χ1) is 7.96. The Morgan fingerprint density at radius 2 is 2.00 bits per heavy atom. The highest BCUT2D eigenvalue weighted by molar-refractivity contribution is 5.79. The number of ether oxygens (including phenoxy) is 1. The third-order valence-corrected chi connectivity index (χ3v) is 3.65. The molecule has 1 amide bonds. The highest BCUT2D eigenvalue weighted by atomic mass is 16.5. The average molecular weight is 242 g/mol. The minimum absolute atomic E-state index is 0.0168. The standard InChI is InChI=1S/C13H26N2O2/c1-13(2,17-3)9-15-12(16)10-7-5-4-6-8-11(10)14/h10-11H,4-9,14H2,1-3H3,(H,15,16). The summed E-state index contributed by atoms with van der Waals surface area (Å²) in [7, 11) is 1.66. The summed E-state index contributed by atoms with van der Waals surface area (Å²) in [4.78, 5) is 12.1. The Hall–Kier alpha value is -0.610. The van der Waals surface area contributed by atoms with Gasteiger partial charge in [0.25, 0.3) is 0 Å². The van der Waals surface area contributed by atoms with E-state index >= 15 is 0 Å². The number of amides is 1. The van der Waals surface area contributed by atoms with Gasteiger partial charge >= 0.3 is 0 Å². The number of carbonyl (C=O) groups is 1. The van der Waals surface area contributed by atoms with Crippen LogP contribution in [0.4, 0.5) is 0 Å². The maximum atomic E-state index is 12.1. The molecule has 1 saturated carbocycles. The van der Waals surface area contributed by atoms with Crippen molar-refractivity contribution in [3.05, 3.63) is 0 Å². The molecule has 2 atom stereocenters. The van der Waals surface area contributed by atoms with Crippen molar-refractivity contribution in [2.45, 2.75) is 57.6 Å². The lowest BCUT2D eigenvalue weighted by Crippen LogP contribution is -2.46. The number of hydrogen-bond acceptors (Lipinski definition) is 3. The number of carbonyl (C=O) groups excluding carboxylic acids is 1. The van der Waals surface area contributed by atoms with Crippen molar-refractivity contribution in [3.63, 3.8) is 0 Å². The summed E-state index contributed by atoms with van der Waals surface area (Å²) in [6, 6.07) is 0.0168. The number of nitrogens with one attached hydrogen (secondary N) is 1. The van der Waals surface area contributed by atoms with Gasteiger partial charge in [0.15, 0.2) is 0 Å². The molecule has 0 radical (unpaired) electrons. The lowest BCUT2D eigenvalue weighted by atomic mass is 9.94. The van der Waals surface area contributed by atoms with Crippen molar-refractivity contribution < 1.29 is 9.53 Å². The van der Waals surface area contributed by atoms with Crippen LogP contribution in [0.25, 0.3) is 0 Å². The topological polar surface area (TPSA) is 64.3 Å². The molecule has 2 unspecified atom stereocenters. The first kappa shape index (κ1) is 14.5. The molecular weight excluding hydrogens is 216 g/mol. The SMILES string of the molecule is COC(C)(C)CNC(=O)C1CCCCCC1N. The van der Waals surface area contributed by atoms with Gasteiger partial charge in [-0.1, -0.05) is 19.3 Å². The molecule has 0 saturated heterocycles. The van der Waals surface area contributed by atoms with Gasteiger partial charge in [0.1, 0.15) is 0 Å². The van der Waals surface area contributed by atoms with Gasteiger partial charge in [-0.05, 0) is 26.7 Å². The van der Waals surface area contributed by atoms with Crippen LogP contribution in [0.3, 0.4) is 0 Å². The van der Waals surface area contributed by atoms with Gasteiger partial charge in [0.05, 0.1) is 11.5 Å². The van der Waals surface area contributed by atoms with E-state index in [1.165, 1.54) is 6.42 Å². The molecule has 0 aromatic rings. The van der Waals surface area contributed by atoms with Gasteiger partial charge in [0.2, 0.25) is 5.91 Å². The van der Waals surface area contributed by atoms with E-state index in [0.29, 0.717) is 6.54 Å². The smallest absolute Gasteiger partial charge is 0.224 e. The second-order valence-electron chi connectivity index (χ2n) is 5.59. The number of methoxy groups -OCH3 is 1. The van der Waals surface area contributed by atoms with E-state index < -0.39 is 0 Å². The molecule has 1 aliphatic carbocycles. The molecule has 0 spiro atoms. The van der Waals surface area contributed by atoms with Crippen LogP contribution in [-0.2, 0) is 9.53 Å². The fourth-order valence-electron chi connectivity index (χ4n) is 2.17. The lowest BCUT2D eigenvalue weighted by Gasteiger charge is -2.26. The molecule has 4 heteroatoms. The van der Waals surface area contributed by atoms with Crippen molar-refractivity contribution in [1.29, 1.82) is 0 Å². The summed E-state index contributed by atoms with van der Waals surface area (Å²) in [5, 5.41) is 2.96. The van der Waals surface area contributed by atoms with E-state index in [-0.39, 0.29) is 23.5 Å². The molecule has 1 rings (SSSR count). The van der Waals surface area contributed by atoms with Gasteiger partial charge in [-0.3, -0.25) is 4.79 Å². The first-order valence-corrected chi connectivity index (χ1v) is 6.55. The van der Waals surface area contributed by atoms with Crippen LogP contribution < -0.4 is 11.1 Å². The fraction of sp³-hybridized carbons (Fsp3) is 0.923. The number of nitrogens with two attached hydrogens (primary N) is 1. The Balaban J connectivity index is 2.45. The van der Waals surface area contributed by atoms with Crippen molar-refractivity contribution in [2.75, 3.05) is 13.7 Å². The maximum Gasteiger partial charge on any atom is 0.224 e.